The predicted molar refractivity (Wildman–Crippen MR) is 154 cm³/mol. The number of benzene rings is 2. The highest BCUT2D eigenvalue weighted by Crippen LogP contribution is 2.53. The van der Waals surface area contributed by atoms with Crippen molar-refractivity contribution < 1.29 is 18.7 Å². The molecule has 0 amide bonds. The number of hydrogen-bond acceptors (Lipinski definition) is 4. The van der Waals surface area contributed by atoms with Crippen molar-refractivity contribution in [2.24, 2.45) is 11.8 Å². The molecule has 1 fully saturated rings. The van der Waals surface area contributed by atoms with Gasteiger partial charge in [-0.05, 0) is 52.1 Å². The second kappa shape index (κ2) is 10.6. The molecule has 5 rings (SSSR count). The van der Waals surface area contributed by atoms with Gasteiger partial charge in [0.15, 0.2) is 0 Å². The Kier molecular flexibility index (Phi) is 7.65. The van der Waals surface area contributed by atoms with E-state index in [-0.39, 0.29) is 29.3 Å². The number of carbonyl (C=O) groups is 1. The van der Waals surface area contributed by atoms with Gasteiger partial charge in [-0.3, -0.25) is 4.79 Å². The van der Waals surface area contributed by atoms with E-state index in [1.54, 1.807) is 0 Å². The maximum absolute atomic E-state index is 12.1. The minimum absolute atomic E-state index is 0.0120. The fraction of sp³-hybridized carbons (Fsp3) is 0.452. The van der Waals surface area contributed by atoms with Crippen molar-refractivity contribution in [2.75, 3.05) is 7.11 Å². The number of allylic oxidation sites excluding steroid dienone is 2. The van der Waals surface area contributed by atoms with Crippen LogP contribution in [0.1, 0.15) is 46.5 Å². The van der Waals surface area contributed by atoms with Gasteiger partial charge < -0.3 is 13.9 Å². The third-order valence-corrected chi connectivity index (χ3v) is 14.4. The zero-order valence-electron chi connectivity index (χ0n) is 22.2. The molecule has 2 bridgehead atoms. The standard InChI is InChI=1S/C31H37BrO4Si/c1-31(2,3)37(21-13-7-5-8-14-21,22-15-9-6-10-16-22)36-30-27(32)25(19-20-26(33)34-4)28-23-17-11-12-18-24(23)29(30)35-28/h5-16,23-24,28-30H,17-20H2,1-4H3/t23-,24+,28-,29+,30-/m1/s1. The molecule has 2 aromatic carbocycles. The number of hydrogen-bond donors (Lipinski definition) is 0. The normalized spacial score (nSPS) is 27.2. The molecule has 2 heterocycles. The average molecular weight is 582 g/mol. The second-order valence-electron chi connectivity index (χ2n) is 11.4. The number of rotatable bonds is 7. The SMILES string of the molecule is COC(=O)CCC1=C(Br)[C@@H](O[Si](c2ccccc2)(c2ccccc2)C(C)(C)C)[C@H]2O[C@@H]1[C@@H]1CC=CC[C@@H]12. The van der Waals surface area contributed by atoms with Crippen molar-refractivity contribution >= 4 is 40.6 Å². The minimum Gasteiger partial charge on any atom is -0.469 e. The van der Waals surface area contributed by atoms with Crippen LogP contribution < -0.4 is 10.4 Å². The molecule has 1 aliphatic carbocycles. The number of esters is 1. The molecule has 37 heavy (non-hydrogen) atoms. The first-order valence-electron chi connectivity index (χ1n) is 13.3. The molecule has 4 nitrogen and oxygen atoms in total. The lowest BCUT2D eigenvalue weighted by atomic mass is 9.78. The van der Waals surface area contributed by atoms with Gasteiger partial charge in [0.1, 0.15) is 6.10 Å². The van der Waals surface area contributed by atoms with Crippen LogP contribution in [0.15, 0.2) is 82.9 Å². The quantitative estimate of drug-likeness (QED) is 0.232. The summed E-state index contributed by atoms with van der Waals surface area (Å²) in [6.45, 7) is 6.92. The zero-order valence-corrected chi connectivity index (χ0v) is 24.7. The highest BCUT2D eigenvalue weighted by molar-refractivity contribution is 9.11. The first-order chi connectivity index (χ1) is 17.8. The maximum atomic E-state index is 12.1. The number of carbonyl (C=O) groups excluding carboxylic acids is 1. The minimum atomic E-state index is -2.81. The molecule has 196 valence electrons. The largest absolute Gasteiger partial charge is 0.469 e. The molecule has 0 spiro atoms. The van der Waals surface area contributed by atoms with Gasteiger partial charge in [-0.2, -0.15) is 0 Å². The Balaban J connectivity index is 1.65. The summed E-state index contributed by atoms with van der Waals surface area (Å²) in [5.74, 6) is 0.599. The summed E-state index contributed by atoms with van der Waals surface area (Å²) >= 11 is 4.04. The van der Waals surface area contributed by atoms with Crippen molar-refractivity contribution in [2.45, 2.75) is 69.8 Å². The topological polar surface area (TPSA) is 44.8 Å². The summed E-state index contributed by atoms with van der Waals surface area (Å²) in [6.07, 6.45) is 7.27. The van der Waals surface area contributed by atoms with Crippen LogP contribution in [0, 0.1) is 11.8 Å². The number of methoxy groups -OCH3 is 1. The van der Waals surface area contributed by atoms with Crippen LogP contribution in [-0.2, 0) is 18.7 Å². The van der Waals surface area contributed by atoms with Gasteiger partial charge in [0, 0.05) is 10.9 Å². The van der Waals surface area contributed by atoms with E-state index in [1.165, 1.54) is 17.5 Å². The predicted octanol–water partition coefficient (Wildman–Crippen LogP) is 5.90. The monoisotopic (exact) mass is 580 g/mol. The van der Waals surface area contributed by atoms with Crippen LogP contribution in [0.2, 0.25) is 5.04 Å². The zero-order chi connectivity index (χ0) is 26.2. The molecule has 0 aromatic heterocycles. The molecule has 2 aliphatic heterocycles. The van der Waals surface area contributed by atoms with Crippen LogP contribution in [-0.4, -0.2) is 39.7 Å². The third-order valence-electron chi connectivity index (χ3n) is 8.39. The first-order valence-corrected chi connectivity index (χ1v) is 16.0. The number of fused-ring (bicyclic) bond motifs is 5. The molecule has 1 saturated heterocycles. The van der Waals surface area contributed by atoms with Gasteiger partial charge in [-0.15, -0.1) is 0 Å². The fourth-order valence-electron chi connectivity index (χ4n) is 6.65. The second-order valence-corrected chi connectivity index (χ2v) is 16.5. The van der Waals surface area contributed by atoms with E-state index in [2.05, 4.69) is 110 Å². The van der Waals surface area contributed by atoms with E-state index in [9.17, 15) is 4.79 Å². The third kappa shape index (κ3) is 4.71. The van der Waals surface area contributed by atoms with Crippen LogP contribution in [0.25, 0.3) is 0 Å². The van der Waals surface area contributed by atoms with Gasteiger partial charge in [-0.25, -0.2) is 0 Å². The fourth-order valence-corrected chi connectivity index (χ4v) is 12.3. The summed E-state index contributed by atoms with van der Waals surface area (Å²) in [6, 6.07) is 21.5. The summed E-state index contributed by atoms with van der Waals surface area (Å²) in [4.78, 5) is 12.1. The van der Waals surface area contributed by atoms with Crippen molar-refractivity contribution in [3.8, 4) is 0 Å². The number of ether oxygens (including phenoxy) is 2. The van der Waals surface area contributed by atoms with Crippen LogP contribution in [0.4, 0.5) is 0 Å². The molecule has 3 aliphatic rings. The molecule has 0 saturated carbocycles. The van der Waals surface area contributed by atoms with Gasteiger partial charge in [0.2, 0.25) is 0 Å². The summed E-state index contributed by atoms with van der Waals surface area (Å²) in [5.41, 5.74) is 1.16. The Morgan fingerprint density at radius 1 is 0.973 bits per heavy atom. The molecule has 6 heteroatoms. The Hall–Kier alpha value is -1.99. The Morgan fingerprint density at radius 2 is 1.54 bits per heavy atom. The molecular weight excluding hydrogens is 544 g/mol. The maximum Gasteiger partial charge on any atom is 0.305 e. The van der Waals surface area contributed by atoms with E-state index < -0.39 is 8.32 Å². The van der Waals surface area contributed by atoms with E-state index in [0.29, 0.717) is 24.7 Å². The van der Waals surface area contributed by atoms with E-state index in [0.717, 1.165) is 22.9 Å². The van der Waals surface area contributed by atoms with Crippen molar-refractivity contribution in [1.82, 2.24) is 0 Å². The molecule has 0 radical (unpaired) electrons. The molecule has 0 unspecified atom stereocenters. The average Bonchev–Trinajstić information content (AvgIpc) is 3.25. The first kappa shape index (κ1) is 26.6. The van der Waals surface area contributed by atoms with Gasteiger partial charge >= 0.3 is 5.97 Å². The van der Waals surface area contributed by atoms with E-state index in [4.69, 9.17) is 13.9 Å². The lowest BCUT2D eigenvalue weighted by Gasteiger charge is -2.47. The highest BCUT2D eigenvalue weighted by atomic mass is 79.9. The molecular formula is C31H37BrO4Si. The van der Waals surface area contributed by atoms with Crippen LogP contribution in [0.3, 0.4) is 0 Å². The van der Waals surface area contributed by atoms with Gasteiger partial charge in [0.25, 0.3) is 8.32 Å². The lowest BCUT2D eigenvalue weighted by molar-refractivity contribution is -0.140. The van der Waals surface area contributed by atoms with Crippen molar-refractivity contribution in [3.05, 3.63) is 82.9 Å². The van der Waals surface area contributed by atoms with Crippen LogP contribution >= 0.6 is 15.9 Å². The van der Waals surface area contributed by atoms with Crippen molar-refractivity contribution in [1.29, 1.82) is 0 Å². The summed E-state index contributed by atoms with van der Waals surface area (Å²) < 4.78 is 20.5. The van der Waals surface area contributed by atoms with Crippen LogP contribution in [0.5, 0.6) is 0 Å². The van der Waals surface area contributed by atoms with E-state index >= 15 is 0 Å². The molecule has 0 N–H and O–H groups in total. The van der Waals surface area contributed by atoms with Gasteiger partial charge in [0.05, 0.1) is 19.3 Å². The Bertz CT molecular complexity index is 1130. The Morgan fingerprint density at radius 3 is 2.08 bits per heavy atom. The lowest BCUT2D eigenvalue weighted by Crippen LogP contribution is -2.68. The van der Waals surface area contributed by atoms with Crippen molar-refractivity contribution in [3.63, 3.8) is 0 Å². The summed E-state index contributed by atoms with van der Waals surface area (Å²) in [5, 5.41) is 2.37. The number of halogens is 1. The molecule has 5 atom stereocenters. The van der Waals surface area contributed by atoms with Gasteiger partial charge in [-0.1, -0.05) is 110 Å². The smallest absolute Gasteiger partial charge is 0.305 e. The molecule has 2 aromatic rings. The Labute approximate surface area is 230 Å². The highest BCUT2D eigenvalue weighted by Gasteiger charge is 2.58. The summed E-state index contributed by atoms with van der Waals surface area (Å²) in [7, 11) is -1.36. The van der Waals surface area contributed by atoms with E-state index in [1.807, 2.05) is 0 Å².